The molecule has 2 aromatic rings. The monoisotopic (exact) mass is 409 g/mol. The van der Waals surface area contributed by atoms with Crippen LogP contribution in [0.5, 0.6) is 0 Å². The van der Waals surface area contributed by atoms with E-state index >= 15 is 0 Å². The summed E-state index contributed by atoms with van der Waals surface area (Å²) < 4.78 is 0. The summed E-state index contributed by atoms with van der Waals surface area (Å²) in [7, 11) is 0. The molecule has 7 heteroatoms. The van der Waals surface area contributed by atoms with E-state index < -0.39 is 6.04 Å². The second-order valence-corrected chi connectivity index (χ2v) is 8.27. The molecule has 3 amide bonds. The number of carbonyl (C=O) groups excluding carboxylic acids is 3. The smallest absolute Gasteiger partial charge is 0.256 e. The lowest BCUT2D eigenvalue weighted by atomic mass is 10.0. The van der Waals surface area contributed by atoms with E-state index in [1.807, 2.05) is 24.3 Å². The Labute approximate surface area is 173 Å². The maximum Gasteiger partial charge on any atom is 0.256 e. The third-order valence-electron chi connectivity index (χ3n) is 5.87. The number of anilines is 1. The molecule has 2 aliphatic heterocycles. The molecule has 2 aromatic carbocycles. The minimum Gasteiger partial charge on any atom is -0.338 e. The van der Waals surface area contributed by atoms with E-state index in [1.54, 1.807) is 28.0 Å². The van der Waals surface area contributed by atoms with Crippen LogP contribution in [0.25, 0.3) is 11.1 Å². The van der Waals surface area contributed by atoms with Gasteiger partial charge < -0.3 is 15.1 Å². The third-order valence-corrected chi connectivity index (χ3v) is 6.12. The van der Waals surface area contributed by atoms with Crippen molar-refractivity contribution in [2.24, 2.45) is 5.92 Å². The SMILES string of the molecule is O=C1Nc2ccc(-c3ccc(Cl)cc3)cc2C(=O)N2CCN(C(=O)C3CC3)CC12. The summed E-state index contributed by atoms with van der Waals surface area (Å²) in [5, 5.41) is 3.53. The summed E-state index contributed by atoms with van der Waals surface area (Å²) in [6, 6.07) is 12.2. The van der Waals surface area contributed by atoms with E-state index in [1.165, 1.54) is 0 Å². The maximum atomic E-state index is 13.3. The maximum absolute atomic E-state index is 13.3. The van der Waals surface area contributed by atoms with Crippen molar-refractivity contribution in [3.63, 3.8) is 0 Å². The van der Waals surface area contributed by atoms with Crippen molar-refractivity contribution in [2.75, 3.05) is 25.0 Å². The van der Waals surface area contributed by atoms with Crippen molar-refractivity contribution in [3.8, 4) is 11.1 Å². The molecule has 29 heavy (non-hydrogen) atoms. The zero-order valence-electron chi connectivity index (χ0n) is 15.7. The average molecular weight is 410 g/mol. The number of halogens is 1. The van der Waals surface area contributed by atoms with Gasteiger partial charge in [0.15, 0.2) is 0 Å². The highest BCUT2D eigenvalue weighted by Gasteiger charge is 2.43. The fraction of sp³-hybridized carbons (Fsp3) is 0.318. The summed E-state index contributed by atoms with van der Waals surface area (Å²) in [6.07, 6.45) is 1.85. The predicted octanol–water partition coefficient (Wildman–Crippen LogP) is 3.02. The van der Waals surface area contributed by atoms with E-state index in [0.29, 0.717) is 29.4 Å². The fourth-order valence-corrected chi connectivity index (χ4v) is 4.19. The Hall–Kier alpha value is -2.86. The highest BCUT2D eigenvalue weighted by Crippen LogP contribution is 2.34. The lowest BCUT2D eigenvalue weighted by molar-refractivity contribution is -0.136. The van der Waals surface area contributed by atoms with Gasteiger partial charge in [-0.15, -0.1) is 0 Å². The van der Waals surface area contributed by atoms with Crippen LogP contribution in [0.1, 0.15) is 23.2 Å². The van der Waals surface area contributed by atoms with Gasteiger partial charge in [-0.3, -0.25) is 14.4 Å². The van der Waals surface area contributed by atoms with Gasteiger partial charge in [-0.05, 0) is 48.2 Å². The Morgan fingerprint density at radius 3 is 2.45 bits per heavy atom. The van der Waals surface area contributed by atoms with Crippen molar-refractivity contribution < 1.29 is 14.4 Å². The van der Waals surface area contributed by atoms with E-state index in [0.717, 1.165) is 24.0 Å². The Morgan fingerprint density at radius 1 is 1.00 bits per heavy atom. The first-order valence-corrected chi connectivity index (χ1v) is 10.2. The van der Waals surface area contributed by atoms with Gasteiger partial charge in [0, 0.05) is 24.0 Å². The molecule has 0 radical (unpaired) electrons. The molecular weight excluding hydrogens is 390 g/mol. The summed E-state index contributed by atoms with van der Waals surface area (Å²) in [4.78, 5) is 41.9. The standard InChI is InChI=1S/C22H20ClN3O3/c23-16-6-3-13(4-7-16)15-5-8-18-17(11-15)22(29)26-10-9-25(21(28)14-1-2-14)12-19(26)20(27)24-18/h3-8,11,14,19H,1-2,9-10,12H2,(H,24,27). The molecule has 0 spiro atoms. The molecule has 2 heterocycles. The van der Waals surface area contributed by atoms with Crippen LogP contribution in [0.15, 0.2) is 42.5 Å². The second-order valence-electron chi connectivity index (χ2n) is 7.83. The van der Waals surface area contributed by atoms with Crippen LogP contribution in [-0.2, 0) is 9.59 Å². The Bertz CT molecular complexity index is 1020. The third kappa shape index (κ3) is 3.27. The molecule has 6 nitrogen and oxygen atoms in total. The lowest BCUT2D eigenvalue weighted by Crippen LogP contribution is -2.59. The highest BCUT2D eigenvalue weighted by molar-refractivity contribution is 6.30. The van der Waals surface area contributed by atoms with Crippen LogP contribution in [0.4, 0.5) is 5.69 Å². The van der Waals surface area contributed by atoms with Gasteiger partial charge >= 0.3 is 0 Å². The highest BCUT2D eigenvalue weighted by atomic mass is 35.5. The van der Waals surface area contributed by atoms with Crippen molar-refractivity contribution >= 4 is 35.0 Å². The molecule has 1 N–H and O–H groups in total. The zero-order valence-corrected chi connectivity index (χ0v) is 16.5. The first kappa shape index (κ1) is 18.2. The molecule has 3 aliphatic rings. The summed E-state index contributed by atoms with van der Waals surface area (Å²) in [6.45, 7) is 1.09. The molecule has 1 saturated heterocycles. The number of carbonyl (C=O) groups is 3. The molecular formula is C22H20ClN3O3. The molecule has 5 rings (SSSR count). The van der Waals surface area contributed by atoms with Crippen LogP contribution in [0, 0.1) is 5.92 Å². The van der Waals surface area contributed by atoms with Crippen molar-refractivity contribution in [3.05, 3.63) is 53.1 Å². The molecule has 1 saturated carbocycles. The average Bonchev–Trinajstić information content (AvgIpc) is 3.58. The first-order valence-electron chi connectivity index (χ1n) is 9.82. The number of nitrogens with zero attached hydrogens (tertiary/aromatic N) is 2. The zero-order chi connectivity index (χ0) is 20.1. The van der Waals surface area contributed by atoms with Crippen LogP contribution < -0.4 is 5.32 Å². The number of fused-ring (bicyclic) bond motifs is 2. The molecule has 148 valence electrons. The molecule has 0 aromatic heterocycles. The Morgan fingerprint density at radius 2 is 1.72 bits per heavy atom. The second kappa shape index (κ2) is 6.88. The number of hydrogen-bond donors (Lipinski definition) is 1. The van der Waals surface area contributed by atoms with Crippen LogP contribution in [0.3, 0.4) is 0 Å². The Balaban J connectivity index is 1.45. The number of piperazine rings is 1. The summed E-state index contributed by atoms with van der Waals surface area (Å²) >= 11 is 5.97. The van der Waals surface area contributed by atoms with Crippen molar-refractivity contribution in [2.45, 2.75) is 18.9 Å². The van der Waals surface area contributed by atoms with E-state index in [-0.39, 0.29) is 30.2 Å². The minimum absolute atomic E-state index is 0.102. The van der Waals surface area contributed by atoms with E-state index in [2.05, 4.69) is 5.32 Å². The van der Waals surface area contributed by atoms with Gasteiger partial charge in [-0.2, -0.15) is 0 Å². The van der Waals surface area contributed by atoms with Crippen LogP contribution in [-0.4, -0.2) is 53.2 Å². The number of hydrogen-bond acceptors (Lipinski definition) is 3. The van der Waals surface area contributed by atoms with Gasteiger partial charge in [0.25, 0.3) is 5.91 Å². The molecule has 2 fully saturated rings. The van der Waals surface area contributed by atoms with Gasteiger partial charge in [0.2, 0.25) is 11.8 Å². The first-order chi connectivity index (χ1) is 14.0. The molecule has 1 unspecified atom stereocenters. The summed E-state index contributed by atoms with van der Waals surface area (Å²) in [5.74, 6) is -0.218. The fourth-order valence-electron chi connectivity index (χ4n) is 4.06. The molecule has 1 atom stereocenters. The van der Waals surface area contributed by atoms with Gasteiger partial charge in [-0.1, -0.05) is 29.8 Å². The van der Waals surface area contributed by atoms with E-state index in [9.17, 15) is 14.4 Å². The topological polar surface area (TPSA) is 69.7 Å². The van der Waals surface area contributed by atoms with E-state index in [4.69, 9.17) is 11.6 Å². The number of nitrogens with one attached hydrogen (secondary N) is 1. The quantitative estimate of drug-likeness (QED) is 0.828. The number of amides is 3. The van der Waals surface area contributed by atoms with Gasteiger partial charge in [-0.25, -0.2) is 0 Å². The number of rotatable bonds is 2. The number of benzene rings is 2. The van der Waals surface area contributed by atoms with Crippen molar-refractivity contribution in [1.82, 2.24) is 9.80 Å². The van der Waals surface area contributed by atoms with Crippen LogP contribution >= 0.6 is 11.6 Å². The minimum atomic E-state index is -0.662. The van der Waals surface area contributed by atoms with Gasteiger partial charge in [0.05, 0.1) is 17.8 Å². The lowest BCUT2D eigenvalue weighted by Gasteiger charge is -2.39. The summed E-state index contributed by atoms with van der Waals surface area (Å²) in [5.41, 5.74) is 2.79. The molecule has 0 bridgehead atoms. The van der Waals surface area contributed by atoms with Crippen molar-refractivity contribution in [1.29, 1.82) is 0 Å². The normalized spacial score (nSPS) is 21.2. The van der Waals surface area contributed by atoms with Gasteiger partial charge in [0.1, 0.15) is 6.04 Å². The van der Waals surface area contributed by atoms with Crippen LogP contribution in [0.2, 0.25) is 5.02 Å². The largest absolute Gasteiger partial charge is 0.338 e. The predicted molar refractivity (Wildman–Crippen MR) is 110 cm³/mol. The Kier molecular flexibility index (Phi) is 4.32. The molecule has 1 aliphatic carbocycles.